The summed E-state index contributed by atoms with van der Waals surface area (Å²) in [6.07, 6.45) is -2.47. The van der Waals surface area contributed by atoms with E-state index in [4.69, 9.17) is 28.9 Å². The number of alkyl halides is 3. The van der Waals surface area contributed by atoms with Gasteiger partial charge in [0, 0.05) is 12.7 Å². The standard InChI is InChI=1S/C13H12Cl2F3N5O.ClH/c14-7-4-9(15)11(21-5-7)23-10(13(16,17)18)8(6-22-23)12(24)20-3-1-2-19;/h4-6H,1-3,19H2,(H,20,24);1H. The molecule has 0 aromatic carbocycles. The number of nitrogens with two attached hydrogens (primary N) is 1. The number of carbonyl (C=O) groups excluding carboxylic acids is 1. The van der Waals surface area contributed by atoms with Crippen molar-refractivity contribution < 1.29 is 18.0 Å². The largest absolute Gasteiger partial charge is 0.434 e. The van der Waals surface area contributed by atoms with E-state index in [1.807, 2.05) is 0 Å². The van der Waals surface area contributed by atoms with Crippen molar-refractivity contribution in [2.24, 2.45) is 5.73 Å². The van der Waals surface area contributed by atoms with E-state index < -0.39 is 23.3 Å². The van der Waals surface area contributed by atoms with E-state index in [0.29, 0.717) is 17.6 Å². The summed E-state index contributed by atoms with van der Waals surface area (Å²) < 4.78 is 40.8. The number of hydrogen-bond acceptors (Lipinski definition) is 4. The molecule has 0 bridgehead atoms. The minimum absolute atomic E-state index is 0. The zero-order chi connectivity index (χ0) is 17.9. The summed E-state index contributed by atoms with van der Waals surface area (Å²) in [7, 11) is 0. The van der Waals surface area contributed by atoms with Gasteiger partial charge in [0.25, 0.3) is 5.91 Å². The molecule has 0 aliphatic rings. The summed E-state index contributed by atoms with van der Waals surface area (Å²) in [6, 6.07) is 1.23. The highest BCUT2D eigenvalue weighted by Gasteiger charge is 2.41. The summed E-state index contributed by atoms with van der Waals surface area (Å²) in [5.74, 6) is -1.19. The number of rotatable bonds is 5. The quantitative estimate of drug-likeness (QED) is 0.731. The fourth-order valence-electron chi connectivity index (χ4n) is 1.91. The molecule has 12 heteroatoms. The summed E-state index contributed by atoms with van der Waals surface area (Å²) in [6.45, 7) is 0.452. The second-order valence-electron chi connectivity index (χ2n) is 4.67. The van der Waals surface area contributed by atoms with Crippen LogP contribution < -0.4 is 11.1 Å². The zero-order valence-corrected chi connectivity index (χ0v) is 14.8. The number of hydrogen-bond donors (Lipinski definition) is 2. The van der Waals surface area contributed by atoms with Crippen LogP contribution in [-0.4, -0.2) is 33.8 Å². The Bertz CT molecular complexity index is 751. The van der Waals surface area contributed by atoms with E-state index in [9.17, 15) is 18.0 Å². The molecule has 0 aliphatic heterocycles. The van der Waals surface area contributed by atoms with Gasteiger partial charge in [-0.25, -0.2) is 9.67 Å². The van der Waals surface area contributed by atoms with Crippen molar-refractivity contribution in [1.29, 1.82) is 0 Å². The van der Waals surface area contributed by atoms with Crippen molar-refractivity contribution in [2.45, 2.75) is 12.6 Å². The van der Waals surface area contributed by atoms with E-state index in [2.05, 4.69) is 15.4 Å². The van der Waals surface area contributed by atoms with Gasteiger partial charge < -0.3 is 11.1 Å². The van der Waals surface area contributed by atoms with E-state index in [0.717, 1.165) is 12.4 Å². The molecule has 0 aliphatic carbocycles. The van der Waals surface area contributed by atoms with Crippen LogP contribution in [0.15, 0.2) is 18.5 Å². The normalized spacial score (nSPS) is 11.1. The Kier molecular flexibility index (Phi) is 7.48. The molecule has 2 rings (SSSR count). The minimum atomic E-state index is -4.85. The highest BCUT2D eigenvalue weighted by atomic mass is 35.5. The Morgan fingerprint density at radius 3 is 2.56 bits per heavy atom. The smallest absolute Gasteiger partial charge is 0.352 e. The van der Waals surface area contributed by atoms with Crippen LogP contribution in [0.4, 0.5) is 13.2 Å². The fraction of sp³-hybridized carbons (Fsp3) is 0.308. The summed E-state index contributed by atoms with van der Waals surface area (Å²) in [5.41, 5.74) is 3.37. The van der Waals surface area contributed by atoms with E-state index in [1.54, 1.807) is 0 Å². The van der Waals surface area contributed by atoms with Crippen LogP contribution in [-0.2, 0) is 6.18 Å². The third-order valence-electron chi connectivity index (χ3n) is 2.94. The van der Waals surface area contributed by atoms with E-state index in [1.165, 1.54) is 6.07 Å². The molecule has 2 heterocycles. The number of amides is 1. The van der Waals surface area contributed by atoms with E-state index >= 15 is 0 Å². The van der Waals surface area contributed by atoms with Crippen LogP contribution in [0.3, 0.4) is 0 Å². The second kappa shape index (κ2) is 8.70. The SMILES string of the molecule is Cl.NCCCNC(=O)c1cnn(-c2ncc(Cl)cc2Cl)c1C(F)(F)F. The van der Waals surface area contributed by atoms with Crippen molar-refractivity contribution in [3.63, 3.8) is 0 Å². The van der Waals surface area contributed by atoms with Crippen LogP contribution in [0.1, 0.15) is 22.5 Å². The Hall–Kier alpha value is -1.55. The molecule has 0 spiro atoms. The first-order valence-electron chi connectivity index (χ1n) is 6.70. The average molecular weight is 419 g/mol. The first-order valence-corrected chi connectivity index (χ1v) is 7.46. The van der Waals surface area contributed by atoms with Crippen LogP contribution in [0, 0.1) is 0 Å². The number of pyridine rings is 1. The van der Waals surface area contributed by atoms with Gasteiger partial charge >= 0.3 is 6.18 Å². The molecule has 3 N–H and O–H groups in total. The lowest BCUT2D eigenvalue weighted by Crippen LogP contribution is -2.28. The molecule has 0 atom stereocenters. The van der Waals surface area contributed by atoms with Crippen molar-refractivity contribution in [2.75, 3.05) is 13.1 Å². The molecule has 0 saturated heterocycles. The maximum absolute atomic E-state index is 13.4. The molecule has 6 nitrogen and oxygen atoms in total. The highest BCUT2D eigenvalue weighted by molar-refractivity contribution is 6.35. The van der Waals surface area contributed by atoms with Crippen molar-refractivity contribution in [3.8, 4) is 5.82 Å². The minimum Gasteiger partial charge on any atom is -0.352 e. The first-order chi connectivity index (χ1) is 11.3. The lowest BCUT2D eigenvalue weighted by Gasteiger charge is -2.13. The van der Waals surface area contributed by atoms with Crippen LogP contribution >= 0.6 is 35.6 Å². The van der Waals surface area contributed by atoms with Crippen LogP contribution in [0.2, 0.25) is 10.0 Å². The molecule has 138 valence electrons. The number of nitrogens with zero attached hydrogens (tertiary/aromatic N) is 3. The molecule has 0 fully saturated rings. The first kappa shape index (κ1) is 21.5. The molecule has 0 saturated carbocycles. The second-order valence-corrected chi connectivity index (χ2v) is 5.52. The van der Waals surface area contributed by atoms with Crippen LogP contribution in [0.5, 0.6) is 0 Å². The predicted octanol–water partition coefficient (Wildman–Crippen LogP) is 3.09. The number of aromatic nitrogens is 3. The molecule has 2 aromatic heterocycles. The van der Waals surface area contributed by atoms with Gasteiger partial charge in [-0.1, -0.05) is 23.2 Å². The fourth-order valence-corrected chi connectivity index (χ4v) is 2.37. The third-order valence-corrected chi connectivity index (χ3v) is 3.42. The number of halogens is 6. The monoisotopic (exact) mass is 417 g/mol. The van der Waals surface area contributed by atoms with Gasteiger partial charge in [0.15, 0.2) is 11.5 Å². The maximum Gasteiger partial charge on any atom is 0.434 e. The molecule has 0 unspecified atom stereocenters. The van der Waals surface area contributed by atoms with Crippen LogP contribution in [0.25, 0.3) is 5.82 Å². The summed E-state index contributed by atoms with van der Waals surface area (Å²) in [5, 5.41) is 5.99. The maximum atomic E-state index is 13.4. The van der Waals surface area contributed by atoms with Crippen molar-refractivity contribution >= 4 is 41.5 Å². The molecular formula is C13H13Cl3F3N5O. The van der Waals surface area contributed by atoms with Gasteiger partial charge in [-0.2, -0.15) is 18.3 Å². The lowest BCUT2D eigenvalue weighted by molar-refractivity contribution is -0.143. The van der Waals surface area contributed by atoms with Crippen molar-refractivity contribution in [3.05, 3.63) is 39.8 Å². The van der Waals surface area contributed by atoms with E-state index in [-0.39, 0.29) is 34.8 Å². The topological polar surface area (TPSA) is 85.8 Å². The lowest BCUT2D eigenvalue weighted by atomic mass is 10.2. The predicted molar refractivity (Wildman–Crippen MR) is 89.6 cm³/mol. The Labute approximate surface area is 156 Å². The molecule has 0 radical (unpaired) electrons. The molecular weight excluding hydrogens is 406 g/mol. The third kappa shape index (κ3) is 4.97. The van der Waals surface area contributed by atoms with Gasteiger partial charge in [-0.15, -0.1) is 12.4 Å². The Morgan fingerprint density at radius 1 is 1.32 bits per heavy atom. The molecule has 25 heavy (non-hydrogen) atoms. The molecule has 2 aromatic rings. The average Bonchev–Trinajstić information content (AvgIpc) is 2.92. The summed E-state index contributed by atoms with van der Waals surface area (Å²) in [4.78, 5) is 15.7. The van der Waals surface area contributed by atoms with Gasteiger partial charge in [0.05, 0.1) is 21.8 Å². The van der Waals surface area contributed by atoms with Gasteiger partial charge in [0.1, 0.15) is 0 Å². The van der Waals surface area contributed by atoms with Crippen molar-refractivity contribution in [1.82, 2.24) is 20.1 Å². The Balaban J connectivity index is 0.00000312. The van der Waals surface area contributed by atoms with Gasteiger partial charge in [-0.3, -0.25) is 4.79 Å². The Morgan fingerprint density at radius 2 is 2.00 bits per heavy atom. The summed E-state index contributed by atoms with van der Waals surface area (Å²) >= 11 is 11.6. The highest BCUT2D eigenvalue weighted by Crippen LogP contribution is 2.34. The van der Waals surface area contributed by atoms with Gasteiger partial charge in [0.2, 0.25) is 0 Å². The number of carbonyl (C=O) groups is 1. The number of nitrogens with one attached hydrogen (secondary N) is 1. The van der Waals surface area contributed by atoms with Gasteiger partial charge in [-0.05, 0) is 19.0 Å². The zero-order valence-electron chi connectivity index (χ0n) is 12.5. The molecule has 1 amide bonds.